The van der Waals surface area contributed by atoms with Crippen LogP contribution in [0.2, 0.25) is 5.02 Å². The molecule has 0 spiro atoms. The van der Waals surface area contributed by atoms with Crippen LogP contribution < -0.4 is 5.56 Å². The molecule has 3 rings (SSSR count). The van der Waals surface area contributed by atoms with E-state index in [1.54, 1.807) is 18.2 Å². The van der Waals surface area contributed by atoms with Gasteiger partial charge in [-0.3, -0.25) is 9.69 Å². The zero-order valence-electron chi connectivity index (χ0n) is 11.8. The third kappa shape index (κ3) is 2.81. The summed E-state index contributed by atoms with van der Waals surface area (Å²) in [5.74, 6) is 1.09. The first kappa shape index (κ1) is 14.5. The minimum atomic E-state index is -0.176. The molecule has 112 valence electrons. The van der Waals surface area contributed by atoms with Crippen LogP contribution in [0.1, 0.15) is 19.2 Å². The molecule has 0 amide bonds. The molecule has 2 unspecified atom stereocenters. The third-order valence-corrected chi connectivity index (χ3v) is 4.49. The van der Waals surface area contributed by atoms with Gasteiger partial charge in [0.25, 0.3) is 5.56 Å². The van der Waals surface area contributed by atoms with Crippen molar-refractivity contribution in [3.05, 3.63) is 39.4 Å². The third-order valence-electron chi connectivity index (χ3n) is 4.25. The van der Waals surface area contributed by atoms with Crippen molar-refractivity contribution in [2.45, 2.75) is 25.9 Å². The largest absolute Gasteiger partial charge is 0.395 e. The highest BCUT2D eigenvalue weighted by Crippen LogP contribution is 2.24. The van der Waals surface area contributed by atoms with Gasteiger partial charge >= 0.3 is 0 Å². The van der Waals surface area contributed by atoms with E-state index in [0.717, 1.165) is 13.0 Å². The molecule has 2 N–H and O–H groups in total. The van der Waals surface area contributed by atoms with E-state index in [1.165, 1.54) is 0 Å². The molecular formula is C15H18ClN3O2. The van der Waals surface area contributed by atoms with Crippen LogP contribution in [0.4, 0.5) is 0 Å². The Hall–Kier alpha value is -1.43. The van der Waals surface area contributed by atoms with Gasteiger partial charge in [-0.05, 0) is 37.1 Å². The summed E-state index contributed by atoms with van der Waals surface area (Å²) >= 11 is 5.91. The second-order valence-corrected chi connectivity index (χ2v) is 6.10. The summed E-state index contributed by atoms with van der Waals surface area (Å²) in [6, 6.07) is 5.25. The number of aliphatic hydroxyl groups is 1. The van der Waals surface area contributed by atoms with E-state index in [2.05, 4.69) is 21.8 Å². The number of fused-ring (bicyclic) bond motifs is 1. The lowest BCUT2D eigenvalue weighted by Gasteiger charge is -2.24. The fraction of sp³-hybridized carbons (Fsp3) is 0.467. The fourth-order valence-corrected chi connectivity index (χ4v) is 3.18. The molecule has 2 atom stereocenters. The van der Waals surface area contributed by atoms with Crippen LogP contribution in [0, 0.1) is 5.92 Å². The van der Waals surface area contributed by atoms with E-state index in [4.69, 9.17) is 11.6 Å². The molecule has 1 fully saturated rings. The van der Waals surface area contributed by atoms with Crippen LogP contribution in [-0.4, -0.2) is 39.2 Å². The average Bonchev–Trinajstić information content (AvgIpc) is 2.80. The average molecular weight is 308 g/mol. The topological polar surface area (TPSA) is 69.2 Å². The van der Waals surface area contributed by atoms with Gasteiger partial charge in [0.05, 0.1) is 24.1 Å². The number of aromatic amines is 1. The standard InChI is InChI=1S/C15H18ClN3O2/c1-9-4-5-19(13(9)8-20)7-14-17-12-3-2-10(16)6-11(12)15(21)18-14/h2-3,6,9,13,20H,4-5,7-8H2,1H3,(H,17,18,21). The minimum Gasteiger partial charge on any atom is -0.395 e. The minimum absolute atomic E-state index is 0.134. The van der Waals surface area contributed by atoms with E-state index >= 15 is 0 Å². The maximum absolute atomic E-state index is 12.1. The van der Waals surface area contributed by atoms with Gasteiger partial charge in [-0.25, -0.2) is 4.98 Å². The van der Waals surface area contributed by atoms with Crippen molar-refractivity contribution >= 4 is 22.5 Å². The number of rotatable bonds is 3. The second kappa shape index (κ2) is 5.75. The molecular weight excluding hydrogens is 290 g/mol. The zero-order chi connectivity index (χ0) is 15.0. The first-order valence-corrected chi connectivity index (χ1v) is 7.49. The number of halogens is 1. The fourth-order valence-electron chi connectivity index (χ4n) is 3.01. The Bertz CT molecular complexity index is 716. The van der Waals surface area contributed by atoms with Gasteiger partial charge in [0.1, 0.15) is 5.82 Å². The molecule has 0 aliphatic carbocycles. The Morgan fingerprint density at radius 1 is 1.52 bits per heavy atom. The molecule has 1 aromatic heterocycles. The predicted molar refractivity (Wildman–Crippen MR) is 82.4 cm³/mol. The van der Waals surface area contributed by atoms with Crippen molar-refractivity contribution in [2.75, 3.05) is 13.2 Å². The second-order valence-electron chi connectivity index (χ2n) is 5.66. The molecule has 0 radical (unpaired) electrons. The van der Waals surface area contributed by atoms with E-state index in [-0.39, 0.29) is 18.2 Å². The summed E-state index contributed by atoms with van der Waals surface area (Å²) in [4.78, 5) is 21.6. The Morgan fingerprint density at radius 2 is 2.33 bits per heavy atom. The molecule has 1 aromatic carbocycles. The zero-order valence-corrected chi connectivity index (χ0v) is 12.6. The lowest BCUT2D eigenvalue weighted by Crippen LogP contribution is -2.35. The molecule has 1 aliphatic rings. The normalized spacial score (nSPS) is 23.0. The number of likely N-dealkylation sites (tertiary alicyclic amines) is 1. The number of H-pyrrole nitrogens is 1. The van der Waals surface area contributed by atoms with E-state index in [9.17, 15) is 9.90 Å². The quantitative estimate of drug-likeness (QED) is 0.907. The number of benzene rings is 1. The highest BCUT2D eigenvalue weighted by molar-refractivity contribution is 6.31. The van der Waals surface area contributed by atoms with Crippen molar-refractivity contribution in [3.63, 3.8) is 0 Å². The summed E-state index contributed by atoms with van der Waals surface area (Å²) in [7, 11) is 0. The van der Waals surface area contributed by atoms with Crippen molar-refractivity contribution in [3.8, 4) is 0 Å². The molecule has 2 heterocycles. The van der Waals surface area contributed by atoms with Crippen LogP contribution in [0.15, 0.2) is 23.0 Å². The van der Waals surface area contributed by atoms with Crippen molar-refractivity contribution in [1.29, 1.82) is 0 Å². The predicted octanol–water partition coefficient (Wildman–Crippen LogP) is 1.78. The monoisotopic (exact) mass is 307 g/mol. The Morgan fingerprint density at radius 3 is 3.10 bits per heavy atom. The number of hydrogen-bond acceptors (Lipinski definition) is 4. The molecule has 2 aromatic rings. The van der Waals surface area contributed by atoms with Crippen LogP contribution >= 0.6 is 11.6 Å². The number of aliphatic hydroxyl groups excluding tert-OH is 1. The van der Waals surface area contributed by atoms with Gasteiger partial charge in [0.2, 0.25) is 0 Å². The SMILES string of the molecule is CC1CCN(Cc2nc3ccc(Cl)cc3c(=O)[nH]2)C1CO. The first-order chi connectivity index (χ1) is 10.1. The summed E-state index contributed by atoms with van der Waals surface area (Å²) in [6.45, 7) is 3.73. The summed E-state index contributed by atoms with van der Waals surface area (Å²) in [6.07, 6.45) is 1.05. The van der Waals surface area contributed by atoms with Crippen LogP contribution in [0.25, 0.3) is 10.9 Å². The van der Waals surface area contributed by atoms with Gasteiger partial charge in [-0.1, -0.05) is 18.5 Å². The number of aromatic nitrogens is 2. The van der Waals surface area contributed by atoms with Crippen LogP contribution in [-0.2, 0) is 6.54 Å². The molecule has 0 bridgehead atoms. The summed E-state index contributed by atoms with van der Waals surface area (Å²) in [5.41, 5.74) is 0.469. The van der Waals surface area contributed by atoms with Crippen LogP contribution in [0.5, 0.6) is 0 Å². The van der Waals surface area contributed by atoms with Gasteiger partial charge < -0.3 is 10.1 Å². The first-order valence-electron chi connectivity index (χ1n) is 7.12. The number of nitrogens with zero attached hydrogens (tertiary/aromatic N) is 2. The molecule has 21 heavy (non-hydrogen) atoms. The lowest BCUT2D eigenvalue weighted by atomic mass is 10.0. The van der Waals surface area contributed by atoms with Crippen molar-refractivity contribution in [2.24, 2.45) is 5.92 Å². The van der Waals surface area contributed by atoms with Crippen molar-refractivity contribution in [1.82, 2.24) is 14.9 Å². The smallest absolute Gasteiger partial charge is 0.258 e. The molecule has 0 saturated carbocycles. The van der Waals surface area contributed by atoms with E-state index in [1.807, 2.05) is 0 Å². The summed E-state index contributed by atoms with van der Waals surface area (Å²) in [5, 5.41) is 10.5. The maximum atomic E-state index is 12.1. The molecule has 5 nitrogen and oxygen atoms in total. The highest BCUT2D eigenvalue weighted by Gasteiger charge is 2.30. The maximum Gasteiger partial charge on any atom is 0.258 e. The molecule has 1 aliphatic heterocycles. The lowest BCUT2D eigenvalue weighted by molar-refractivity contribution is 0.132. The number of nitrogens with one attached hydrogen (secondary N) is 1. The van der Waals surface area contributed by atoms with Gasteiger partial charge in [0, 0.05) is 11.1 Å². The van der Waals surface area contributed by atoms with Gasteiger partial charge in [-0.15, -0.1) is 0 Å². The van der Waals surface area contributed by atoms with Gasteiger partial charge in [-0.2, -0.15) is 0 Å². The van der Waals surface area contributed by atoms with E-state index < -0.39 is 0 Å². The Labute approximate surface area is 127 Å². The molecule has 6 heteroatoms. The summed E-state index contributed by atoms with van der Waals surface area (Å²) < 4.78 is 0. The Balaban J connectivity index is 1.91. The highest BCUT2D eigenvalue weighted by atomic mass is 35.5. The van der Waals surface area contributed by atoms with Crippen molar-refractivity contribution < 1.29 is 5.11 Å². The van der Waals surface area contributed by atoms with Gasteiger partial charge in [0.15, 0.2) is 0 Å². The molecule has 1 saturated heterocycles. The van der Waals surface area contributed by atoms with Crippen LogP contribution in [0.3, 0.4) is 0 Å². The Kier molecular flexibility index (Phi) is 3.97. The van der Waals surface area contributed by atoms with E-state index in [0.29, 0.717) is 34.2 Å². The number of hydrogen-bond donors (Lipinski definition) is 2.